The summed E-state index contributed by atoms with van der Waals surface area (Å²) in [6.07, 6.45) is 0. The first-order valence-corrected chi connectivity index (χ1v) is 3.65. The average molecular weight is 206 g/mol. The van der Waals surface area contributed by atoms with Crippen LogP contribution in [0.25, 0.3) is 0 Å². The van der Waals surface area contributed by atoms with Crippen molar-refractivity contribution >= 4 is 15.9 Å². The number of halogens is 1. The van der Waals surface area contributed by atoms with Crippen LogP contribution in [-0.2, 0) is 11.4 Å². The van der Waals surface area contributed by atoms with Gasteiger partial charge in [0.05, 0.1) is 0 Å². The molecular weight excluding hydrogens is 198 g/mol. The summed E-state index contributed by atoms with van der Waals surface area (Å²) in [4.78, 5) is 4.87. The molecule has 56 valence electrons. The molecule has 0 aliphatic rings. The predicted molar refractivity (Wildman–Crippen MR) is 40.3 cm³/mol. The Bertz CT molecular complexity index is 199. The molecule has 10 heavy (non-hydrogen) atoms. The van der Waals surface area contributed by atoms with Gasteiger partial charge in [-0.15, -0.1) is 0 Å². The van der Waals surface area contributed by atoms with Crippen molar-refractivity contribution in [1.29, 1.82) is 0 Å². The average Bonchev–Trinajstić information content (AvgIpc) is 2.31. The van der Waals surface area contributed by atoms with Crippen LogP contribution in [0.3, 0.4) is 0 Å². The Morgan fingerprint density at radius 2 is 2.50 bits per heavy atom. The van der Waals surface area contributed by atoms with Gasteiger partial charge in [0.15, 0.2) is 4.67 Å². The van der Waals surface area contributed by atoms with Crippen LogP contribution in [0.5, 0.6) is 0 Å². The van der Waals surface area contributed by atoms with Crippen molar-refractivity contribution in [3.63, 3.8) is 0 Å². The van der Waals surface area contributed by atoms with E-state index >= 15 is 0 Å². The molecular formula is C6H8BrNO2. The normalized spacial score (nSPS) is 10.2. The maximum atomic E-state index is 5.14. The van der Waals surface area contributed by atoms with Crippen LogP contribution in [0.2, 0.25) is 0 Å². The molecule has 0 aliphatic heterocycles. The highest BCUT2D eigenvalue weighted by Gasteiger charge is 1.97. The van der Waals surface area contributed by atoms with Gasteiger partial charge in [0.2, 0.25) is 0 Å². The van der Waals surface area contributed by atoms with Gasteiger partial charge < -0.3 is 4.42 Å². The third kappa shape index (κ3) is 2.13. The van der Waals surface area contributed by atoms with E-state index in [1.165, 1.54) is 0 Å². The molecule has 0 spiro atoms. The summed E-state index contributed by atoms with van der Waals surface area (Å²) in [7, 11) is 1.71. The van der Waals surface area contributed by atoms with Gasteiger partial charge in [-0.25, -0.2) is 5.48 Å². The molecule has 0 aromatic carbocycles. The molecule has 0 saturated heterocycles. The van der Waals surface area contributed by atoms with E-state index in [-0.39, 0.29) is 0 Å². The van der Waals surface area contributed by atoms with Crippen LogP contribution in [0.15, 0.2) is 21.2 Å². The fourth-order valence-electron chi connectivity index (χ4n) is 0.573. The fourth-order valence-corrected chi connectivity index (χ4v) is 0.913. The highest BCUT2D eigenvalue weighted by atomic mass is 79.9. The summed E-state index contributed by atoms with van der Waals surface area (Å²) in [5, 5.41) is 0. The summed E-state index contributed by atoms with van der Waals surface area (Å²) < 4.78 is 5.86. The second-order valence-corrected chi connectivity index (χ2v) is 2.48. The molecule has 1 aromatic heterocycles. The third-order valence-corrected chi connectivity index (χ3v) is 1.41. The lowest BCUT2D eigenvalue weighted by atomic mass is 10.5. The Balaban J connectivity index is 2.42. The summed E-state index contributed by atoms with van der Waals surface area (Å²) in [5.41, 5.74) is 2.55. The van der Waals surface area contributed by atoms with Crippen LogP contribution in [0, 0.1) is 0 Å². The maximum Gasteiger partial charge on any atom is 0.169 e. The number of furan rings is 1. The van der Waals surface area contributed by atoms with Gasteiger partial charge in [0, 0.05) is 7.05 Å². The van der Waals surface area contributed by atoms with Crippen molar-refractivity contribution in [3.05, 3.63) is 22.6 Å². The minimum Gasteiger partial charge on any atom is -0.452 e. The number of rotatable bonds is 3. The number of hydrogen-bond acceptors (Lipinski definition) is 3. The second kappa shape index (κ2) is 3.75. The predicted octanol–water partition coefficient (Wildman–Crippen LogP) is 1.69. The van der Waals surface area contributed by atoms with Crippen molar-refractivity contribution in [2.75, 3.05) is 7.05 Å². The van der Waals surface area contributed by atoms with Gasteiger partial charge in [-0.1, -0.05) is 0 Å². The number of nitrogens with one attached hydrogen (secondary N) is 1. The lowest BCUT2D eigenvalue weighted by Crippen LogP contribution is -2.05. The van der Waals surface area contributed by atoms with Gasteiger partial charge in [0.1, 0.15) is 12.4 Å². The van der Waals surface area contributed by atoms with Crippen molar-refractivity contribution in [2.45, 2.75) is 6.61 Å². The fraction of sp³-hybridized carbons (Fsp3) is 0.333. The topological polar surface area (TPSA) is 34.4 Å². The molecule has 0 bridgehead atoms. The Labute approximate surface area is 67.4 Å². The molecule has 0 aliphatic carbocycles. The van der Waals surface area contributed by atoms with E-state index in [0.29, 0.717) is 6.61 Å². The summed E-state index contributed by atoms with van der Waals surface area (Å²) in [6.45, 7) is 0.447. The standard InChI is InChI=1S/C6H8BrNO2/c1-8-9-4-5-2-3-6(7)10-5/h2-3,8H,4H2,1H3. The van der Waals surface area contributed by atoms with Gasteiger partial charge in [-0.3, -0.25) is 4.84 Å². The van der Waals surface area contributed by atoms with Crippen LogP contribution in [-0.4, -0.2) is 7.05 Å². The highest BCUT2D eigenvalue weighted by molar-refractivity contribution is 9.10. The molecule has 0 fully saturated rings. The first-order valence-electron chi connectivity index (χ1n) is 2.85. The molecule has 0 radical (unpaired) electrons. The lowest BCUT2D eigenvalue weighted by Gasteiger charge is -1.95. The Morgan fingerprint density at radius 1 is 1.70 bits per heavy atom. The molecule has 0 saturated carbocycles. The van der Waals surface area contributed by atoms with E-state index in [2.05, 4.69) is 21.4 Å². The van der Waals surface area contributed by atoms with Gasteiger partial charge in [-0.05, 0) is 28.1 Å². The molecule has 1 aromatic rings. The molecule has 4 heteroatoms. The molecule has 1 rings (SSSR count). The highest BCUT2D eigenvalue weighted by Crippen LogP contribution is 2.13. The van der Waals surface area contributed by atoms with Gasteiger partial charge >= 0.3 is 0 Å². The Hall–Kier alpha value is -0.320. The first kappa shape index (κ1) is 7.78. The number of hydrogen-bond donors (Lipinski definition) is 1. The van der Waals surface area contributed by atoms with Crippen molar-refractivity contribution < 1.29 is 9.25 Å². The largest absolute Gasteiger partial charge is 0.452 e. The zero-order valence-electron chi connectivity index (χ0n) is 5.56. The monoisotopic (exact) mass is 205 g/mol. The Morgan fingerprint density at radius 3 is 3.00 bits per heavy atom. The summed E-state index contributed by atoms with van der Waals surface area (Å²) >= 11 is 3.18. The SMILES string of the molecule is CNOCc1ccc(Br)o1. The number of hydroxylamine groups is 1. The molecule has 3 nitrogen and oxygen atoms in total. The van der Waals surface area contributed by atoms with E-state index in [9.17, 15) is 0 Å². The van der Waals surface area contributed by atoms with E-state index in [1.807, 2.05) is 12.1 Å². The molecule has 1 heterocycles. The van der Waals surface area contributed by atoms with E-state index in [4.69, 9.17) is 9.25 Å². The lowest BCUT2D eigenvalue weighted by molar-refractivity contribution is 0.0336. The summed E-state index contributed by atoms with van der Waals surface area (Å²) in [5.74, 6) is 0.793. The smallest absolute Gasteiger partial charge is 0.169 e. The van der Waals surface area contributed by atoms with E-state index in [1.54, 1.807) is 7.05 Å². The van der Waals surface area contributed by atoms with Crippen LogP contribution < -0.4 is 5.48 Å². The van der Waals surface area contributed by atoms with Crippen molar-refractivity contribution in [3.8, 4) is 0 Å². The van der Waals surface area contributed by atoms with Gasteiger partial charge in [-0.2, -0.15) is 0 Å². The summed E-state index contributed by atoms with van der Waals surface area (Å²) in [6, 6.07) is 3.68. The first-order chi connectivity index (χ1) is 4.83. The molecule has 1 N–H and O–H groups in total. The minimum atomic E-state index is 0.447. The second-order valence-electron chi connectivity index (χ2n) is 1.70. The van der Waals surface area contributed by atoms with Crippen LogP contribution in [0.4, 0.5) is 0 Å². The van der Waals surface area contributed by atoms with E-state index in [0.717, 1.165) is 10.4 Å². The zero-order valence-corrected chi connectivity index (χ0v) is 7.14. The minimum absolute atomic E-state index is 0.447. The van der Waals surface area contributed by atoms with Crippen LogP contribution in [0.1, 0.15) is 5.76 Å². The quantitative estimate of drug-likeness (QED) is 0.764. The van der Waals surface area contributed by atoms with Crippen LogP contribution >= 0.6 is 15.9 Å². The molecule has 0 atom stereocenters. The van der Waals surface area contributed by atoms with E-state index < -0.39 is 0 Å². The third-order valence-electron chi connectivity index (χ3n) is 0.988. The van der Waals surface area contributed by atoms with Gasteiger partial charge in [0.25, 0.3) is 0 Å². The maximum absolute atomic E-state index is 5.14. The Kier molecular flexibility index (Phi) is 2.92. The van der Waals surface area contributed by atoms with Crippen molar-refractivity contribution in [1.82, 2.24) is 5.48 Å². The zero-order chi connectivity index (χ0) is 7.40. The molecule has 0 amide bonds. The molecule has 0 unspecified atom stereocenters. The van der Waals surface area contributed by atoms with Crippen molar-refractivity contribution in [2.24, 2.45) is 0 Å².